The number of imide groups is 1. The zero-order chi connectivity index (χ0) is 13.0. The first-order valence-electron chi connectivity index (χ1n) is 5.73. The second-order valence-corrected chi connectivity index (χ2v) is 4.59. The molecular formula is C12H14ClN3O2. The molecule has 0 spiro atoms. The predicted octanol–water partition coefficient (Wildman–Crippen LogP) is 1.74. The zero-order valence-corrected chi connectivity index (χ0v) is 10.5. The standard InChI is InChI=1S/C12H14ClN3O2/c13-8-1-3-9(4-2-8)14-7-11(17)16-12(18)15-10-5-6-10/h1-4,10,14H,5-7H2,(H2,15,16,17,18). The maximum Gasteiger partial charge on any atom is 0.321 e. The maximum atomic E-state index is 11.4. The quantitative estimate of drug-likeness (QED) is 0.778. The number of urea groups is 1. The highest BCUT2D eigenvalue weighted by atomic mass is 35.5. The van der Waals surface area contributed by atoms with Crippen LogP contribution in [0, 0.1) is 0 Å². The van der Waals surface area contributed by atoms with Gasteiger partial charge in [-0.3, -0.25) is 10.1 Å². The topological polar surface area (TPSA) is 70.2 Å². The molecule has 6 heteroatoms. The van der Waals surface area contributed by atoms with Crippen LogP contribution in [0.3, 0.4) is 0 Å². The largest absolute Gasteiger partial charge is 0.376 e. The monoisotopic (exact) mass is 267 g/mol. The van der Waals surface area contributed by atoms with Gasteiger partial charge in [-0.25, -0.2) is 4.79 Å². The van der Waals surface area contributed by atoms with Crippen molar-refractivity contribution < 1.29 is 9.59 Å². The molecule has 0 aliphatic heterocycles. The number of anilines is 1. The summed E-state index contributed by atoms with van der Waals surface area (Å²) in [5, 5.41) is 8.46. The Kier molecular flexibility index (Phi) is 4.04. The fourth-order valence-corrected chi connectivity index (χ4v) is 1.50. The lowest BCUT2D eigenvalue weighted by atomic mass is 10.3. The summed E-state index contributed by atoms with van der Waals surface area (Å²) < 4.78 is 0. The molecule has 0 aromatic heterocycles. The van der Waals surface area contributed by atoms with Gasteiger partial charge in [0.2, 0.25) is 5.91 Å². The molecule has 1 fully saturated rings. The van der Waals surface area contributed by atoms with E-state index in [1.165, 1.54) is 0 Å². The van der Waals surface area contributed by atoms with Gasteiger partial charge in [0.05, 0.1) is 6.54 Å². The van der Waals surface area contributed by atoms with Crippen molar-refractivity contribution in [2.45, 2.75) is 18.9 Å². The Morgan fingerprint density at radius 2 is 1.89 bits per heavy atom. The van der Waals surface area contributed by atoms with E-state index in [-0.39, 0.29) is 18.5 Å². The summed E-state index contributed by atoms with van der Waals surface area (Å²) in [6, 6.07) is 6.78. The number of amides is 3. The smallest absolute Gasteiger partial charge is 0.321 e. The highest BCUT2D eigenvalue weighted by Crippen LogP contribution is 2.18. The van der Waals surface area contributed by atoms with Crippen molar-refractivity contribution in [3.8, 4) is 0 Å². The van der Waals surface area contributed by atoms with Crippen molar-refractivity contribution >= 4 is 29.2 Å². The van der Waals surface area contributed by atoms with Crippen molar-refractivity contribution in [1.82, 2.24) is 10.6 Å². The second-order valence-electron chi connectivity index (χ2n) is 4.16. The molecule has 0 radical (unpaired) electrons. The average molecular weight is 268 g/mol. The number of hydrogen-bond donors (Lipinski definition) is 3. The molecule has 1 aromatic rings. The van der Waals surface area contributed by atoms with E-state index in [2.05, 4.69) is 16.0 Å². The van der Waals surface area contributed by atoms with E-state index >= 15 is 0 Å². The molecule has 1 aromatic carbocycles. The molecule has 0 bridgehead atoms. The third-order valence-corrected chi connectivity index (χ3v) is 2.71. The number of rotatable bonds is 4. The molecule has 5 nitrogen and oxygen atoms in total. The summed E-state index contributed by atoms with van der Waals surface area (Å²) in [4.78, 5) is 22.7. The number of nitrogens with one attached hydrogen (secondary N) is 3. The highest BCUT2D eigenvalue weighted by Gasteiger charge is 2.23. The minimum atomic E-state index is -0.430. The summed E-state index contributed by atoms with van der Waals surface area (Å²) in [7, 11) is 0. The number of carbonyl (C=O) groups excluding carboxylic acids is 2. The van der Waals surface area contributed by atoms with E-state index in [1.54, 1.807) is 24.3 Å². The van der Waals surface area contributed by atoms with Gasteiger partial charge in [-0.15, -0.1) is 0 Å². The van der Waals surface area contributed by atoms with Crippen molar-refractivity contribution in [1.29, 1.82) is 0 Å². The molecule has 2 rings (SSSR count). The van der Waals surface area contributed by atoms with Crippen LogP contribution < -0.4 is 16.0 Å². The molecule has 3 amide bonds. The Morgan fingerprint density at radius 1 is 1.22 bits per heavy atom. The van der Waals surface area contributed by atoms with Crippen LogP contribution >= 0.6 is 11.6 Å². The molecule has 18 heavy (non-hydrogen) atoms. The molecule has 0 atom stereocenters. The first kappa shape index (κ1) is 12.7. The number of carbonyl (C=O) groups is 2. The molecular weight excluding hydrogens is 254 g/mol. The number of benzene rings is 1. The van der Waals surface area contributed by atoms with Gasteiger partial charge < -0.3 is 10.6 Å². The van der Waals surface area contributed by atoms with E-state index in [1.807, 2.05) is 0 Å². The summed E-state index contributed by atoms with van der Waals surface area (Å²) in [5.74, 6) is -0.372. The Bertz CT molecular complexity index is 443. The van der Waals surface area contributed by atoms with Crippen LogP contribution in [0.15, 0.2) is 24.3 Å². The minimum absolute atomic E-state index is 0.0414. The molecule has 1 aliphatic carbocycles. The summed E-state index contributed by atoms with van der Waals surface area (Å²) in [6.45, 7) is 0.0414. The third kappa shape index (κ3) is 4.25. The van der Waals surface area contributed by atoms with Gasteiger partial charge in [0.25, 0.3) is 0 Å². The Morgan fingerprint density at radius 3 is 2.50 bits per heavy atom. The molecule has 1 aliphatic rings. The first-order valence-corrected chi connectivity index (χ1v) is 6.11. The average Bonchev–Trinajstić information content (AvgIpc) is 3.12. The fraction of sp³-hybridized carbons (Fsp3) is 0.333. The van der Waals surface area contributed by atoms with Crippen LogP contribution in [0.25, 0.3) is 0 Å². The van der Waals surface area contributed by atoms with Crippen LogP contribution in [-0.4, -0.2) is 24.5 Å². The summed E-state index contributed by atoms with van der Waals surface area (Å²) in [5.41, 5.74) is 0.775. The molecule has 1 saturated carbocycles. The molecule has 0 unspecified atom stereocenters. The Balaban J connectivity index is 1.70. The van der Waals surface area contributed by atoms with Gasteiger partial charge in [0.1, 0.15) is 0 Å². The predicted molar refractivity (Wildman–Crippen MR) is 69.6 cm³/mol. The van der Waals surface area contributed by atoms with E-state index < -0.39 is 6.03 Å². The van der Waals surface area contributed by atoms with Gasteiger partial charge in [-0.05, 0) is 37.1 Å². The molecule has 3 N–H and O–H groups in total. The van der Waals surface area contributed by atoms with Crippen molar-refractivity contribution in [2.24, 2.45) is 0 Å². The minimum Gasteiger partial charge on any atom is -0.376 e. The lowest BCUT2D eigenvalue weighted by molar-refractivity contribution is -0.118. The summed E-state index contributed by atoms with van der Waals surface area (Å²) >= 11 is 5.74. The van der Waals surface area contributed by atoms with E-state index in [0.717, 1.165) is 18.5 Å². The van der Waals surface area contributed by atoms with Gasteiger partial charge in [0.15, 0.2) is 0 Å². The van der Waals surface area contributed by atoms with Crippen molar-refractivity contribution in [3.63, 3.8) is 0 Å². The van der Waals surface area contributed by atoms with Crippen molar-refractivity contribution in [2.75, 3.05) is 11.9 Å². The second kappa shape index (κ2) is 5.73. The fourth-order valence-electron chi connectivity index (χ4n) is 1.37. The van der Waals surface area contributed by atoms with Gasteiger partial charge >= 0.3 is 6.03 Å². The molecule has 96 valence electrons. The Hall–Kier alpha value is -1.75. The maximum absolute atomic E-state index is 11.4. The summed E-state index contributed by atoms with van der Waals surface area (Å²) in [6.07, 6.45) is 1.98. The van der Waals surface area contributed by atoms with Crippen LogP contribution in [0.1, 0.15) is 12.8 Å². The highest BCUT2D eigenvalue weighted by molar-refractivity contribution is 6.30. The van der Waals surface area contributed by atoms with E-state index in [0.29, 0.717) is 5.02 Å². The molecule has 0 saturated heterocycles. The Labute approximate surface area is 110 Å². The van der Waals surface area contributed by atoms with Crippen LogP contribution in [-0.2, 0) is 4.79 Å². The third-order valence-electron chi connectivity index (χ3n) is 2.46. The normalized spacial score (nSPS) is 13.8. The van der Waals surface area contributed by atoms with Gasteiger partial charge in [-0.1, -0.05) is 11.6 Å². The van der Waals surface area contributed by atoms with Crippen LogP contribution in [0.4, 0.5) is 10.5 Å². The van der Waals surface area contributed by atoms with Crippen LogP contribution in [0.2, 0.25) is 5.02 Å². The SMILES string of the molecule is O=C(CNc1ccc(Cl)cc1)NC(=O)NC1CC1. The first-order chi connectivity index (χ1) is 8.63. The van der Waals surface area contributed by atoms with Gasteiger partial charge in [0, 0.05) is 16.8 Å². The lowest BCUT2D eigenvalue weighted by Crippen LogP contribution is -2.42. The van der Waals surface area contributed by atoms with E-state index in [4.69, 9.17) is 11.6 Å². The van der Waals surface area contributed by atoms with Crippen LogP contribution in [0.5, 0.6) is 0 Å². The molecule has 0 heterocycles. The zero-order valence-electron chi connectivity index (χ0n) is 9.70. The lowest BCUT2D eigenvalue weighted by Gasteiger charge is -2.07. The number of halogens is 1. The van der Waals surface area contributed by atoms with Crippen molar-refractivity contribution in [3.05, 3.63) is 29.3 Å². The number of hydrogen-bond acceptors (Lipinski definition) is 3. The van der Waals surface area contributed by atoms with E-state index in [9.17, 15) is 9.59 Å². The van der Waals surface area contributed by atoms with Gasteiger partial charge in [-0.2, -0.15) is 0 Å².